The molecule has 2 aliphatic rings. The molecule has 2 aromatic rings. The van der Waals surface area contributed by atoms with Gasteiger partial charge in [-0.2, -0.15) is 8.42 Å². The van der Waals surface area contributed by atoms with Crippen LogP contribution in [0.4, 0.5) is 5.69 Å². The second kappa shape index (κ2) is 6.10. The van der Waals surface area contributed by atoms with Crippen LogP contribution in [-0.2, 0) is 14.8 Å². The largest absolute Gasteiger partial charge is 0.481 e. The highest BCUT2D eigenvalue weighted by atomic mass is 32.2. The summed E-state index contributed by atoms with van der Waals surface area (Å²) in [5, 5.41) is 0. The van der Waals surface area contributed by atoms with Gasteiger partial charge in [-0.25, -0.2) is 4.98 Å². The number of fused-ring (bicyclic) bond motifs is 1. The molecule has 0 N–H and O–H groups in total. The van der Waals surface area contributed by atoms with Crippen molar-refractivity contribution in [2.75, 3.05) is 31.6 Å². The first-order chi connectivity index (χ1) is 12.5. The molecule has 1 aromatic carbocycles. The maximum absolute atomic E-state index is 12.7. The third kappa shape index (κ3) is 2.70. The van der Waals surface area contributed by atoms with Crippen LogP contribution in [0.25, 0.3) is 0 Å². The van der Waals surface area contributed by atoms with Gasteiger partial charge in [-0.15, -0.1) is 4.40 Å². The molecule has 0 aliphatic carbocycles. The number of amidine groups is 1. The highest BCUT2D eigenvalue weighted by Gasteiger charge is 2.35. The van der Waals surface area contributed by atoms with E-state index in [0.717, 1.165) is 0 Å². The Morgan fingerprint density at radius 2 is 1.96 bits per heavy atom. The molecule has 134 valence electrons. The summed E-state index contributed by atoms with van der Waals surface area (Å²) in [6, 6.07) is 10.1. The van der Waals surface area contributed by atoms with Crippen molar-refractivity contribution in [1.29, 1.82) is 0 Å². The van der Waals surface area contributed by atoms with E-state index in [1.54, 1.807) is 46.3 Å². The van der Waals surface area contributed by atoms with Crippen molar-refractivity contribution >= 4 is 27.5 Å². The van der Waals surface area contributed by atoms with Crippen molar-refractivity contribution in [3.63, 3.8) is 0 Å². The summed E-state index contributed by atoms with van der Waals surface area (Å²) in [7, 11) is -2.18. The summed E-state index contributed by atoms with van der Waals surface area (Å²) in [6.45, 7) is 0.930. The van der Waals surface area contributed by atoms with E-state index >= 15 is 0 Å². The lowest BCUT2D eigenvalue weighted by atomic mass is 10.1. The lowest BCUT2D eigenvalue weighted by Crippen LogP contribution is -2.52. The molecule has 1 fully saturated rings. The number of carbonyl (C=O) groups excluding carboxylic acids is 1. The number of sulfonamides is 1. The van der Waals surface area contributed by atoms with Gasteiger partial charge in [-0.3, -0.25) is 4.79 Å². The van der Waals surface area contributed by atoms with Crippen molar-refractivity contribution in [2.24, 2.45) is 4.40 Å². The molecule has 0 bridgehead atoms. The van der Waals surface area contributed by atoms with Crippen LogP contribution in [0.1, 0.15) is 5.56 Å². The molecule has 26 heavy (non-hydrogen) atoms. The SMILES string of the molecule is COc1cc(N2CCN(C3=NS(=O)(=O)c4ccccc43)CC2=O)ccn1. The quantitative estimate of drug-likeness (QED) is 0.777. The van der Waals surface area contributed by atoms with Crippen LogP contribution in [0.15, 0.2) is 51.9 Å². The highest BCUT2D eigenvalue weighted by molar-refractivity contribution is 7.90. The maximum atomic E-state index is 12.7. The Bertz CT molecular complexity index is 1020. The minimum Gasteiger partial charge on any atom is -0.481 e. The van der Waals surface area contributed by atoms with Crippen LogP contribution >= 0.6 is 0 Å². The number of ether oxygens (including phenoxy) is 1. The first-order valence-corrected chi connectivity index (χ1v) is 9.43. The fourth-order valence-electron chi connectivity index (χ4n) is 3.12. The van der Waals surface area contributed by atoms with Gasteiger partial charge < -0.3 is 14.5 Å². The van der Waals surface area contributed by atoms with E-state index in [-0.39, 0.29) is 17.3 Å². The molecule has 0 unspecified atom stereocenters. The Hall–Kier alpha value is -2.94. The number of benzene rings is 1. The van der Waals surface area contributed by atoms with Gasteiger partial charge in [-0.05, 0) is 18.2 Å². The summed E-state index contributed by atoms with van der Waals surface area (Å²) in [5.41, 5.74) is 1.24. The molecule has 0 saturated carbocycles. The number of nitrogens with zero attached hydrogens (tertiary/aromatic N) is 4. The third-order valence-corrected chi connectivity index (χ3v) is 5.70. The summed E-state index contributed by atoms with van der Waals surface area (Å²) in [4.78, 5) is 20.2. The maximum Gasteiger partial charge on any atom is 0.285 e. The molecule has 0 spiro atoms. The number of hydrogen-bond donors (Lipinski definition) is 0. The van der Waals surface area contributed by atoms with E-state index in [4.69, 9.17) is 4.74 Å². The predicted octanol–water partition coefficient (Wildman–Crippen LogP) is 0.888. The number of rotatable bonds is 2. The van der Waals surface area contributed by atoms with Gasteiger partial charge in [0.15, 0.2) is 5.84 Å². The van der Waals surface area contributed by atoms with E-state index in [1.165, 1.54) is 13.2 Å². The van der Waals surface area contributed by atoms with Gasteiger partial charge >= 0.3 is 0 Å². The Morgan fingerprint density at radius 1 is 1.15 bits per heavy atom. The Kier molecular flexibility index (Phi) is 3.87. The average Bonchev–Trinajstić information content (AvgIpc) is 2.93. The Labute approximate surface area is 150 Å². The Morgan fingerprint density at radius 3 is 2.73 bits per heavy atom. The molecule has 2 aliphatic heterocycles. The van der Waals surface area contributed by atoms with Gasteiger partial charge in [0.25, 0.3) is 10.0 Å². The summed E-state index contributed by atoms with van der Waals surface area (Å²) < 4.78 is 33.4. The first-order valence-electron chi connectivity index (χ1n) is 7.99. The van der Waals surface area contributed by atoms with Crippen molar-refractivity contribution < 1.29 is 17.9 Å². The van der Waals surface area contributed by atoms with E-state index in [2.05, 4.69) is 9.38 Å². The topological polar surface area (TPSA) is 92.2 Å². The number of aromatic nitrogens is 1. The molecule has 0 atom stereocenters. The van der Waals surface area contributed by atoms with Crippen LogP contribution in [0, 0.1) is 0 Å². The van der Waals surface area contributed by atoms with Crippen molar-refractivity contribution in [3.8, 4) is 5.88 Å². The highest BCUT2D eigenvalue weighted by Crippen LogP contribution is 2.29. The monoisotopic (exact) mass is 372 g/mol. The van der Waals surface area contributed by atoms with E-state index < -0.39 is 10.0 Å². The third-order valence-electron chi connectivity index (χ3n) is 4.37. The van der Waals surface area contributed by atoms with Crippen LogP contribution in [0.2, 0.25) is 0 Å². The molecule has 3 heterocycles. The second-order valence-corrected chi connectivity index (χ2v) is 7.48. The molecule has 1 saturated heterocycles. The molecule has 1 aromatic heterocycles. The van der Waals surface area contributed by atoms with Gasteiger partial charge in [-0.1, -0.05) is 12.1 Å². The number of pyridine rings is 1. The molecule has 4 rings (SSSR count). The predicted molar refractivity (Wildman–Crippen MR) is 94.9 cm³/mol. The minimum atomic E-state index is -3.70. The smallest absolute Gasteiger partial charge is 0.285 e. The van der Waals surface area contributed by atoms with E-state index in [0.29, 0.717) is 36.1 Å². The van der Waals surface area contributed by atoms with Crippen molar-refractivity contribution in [1.82, 2.24) is 9.88 Å². The van der Waals surface area contributed by atoms with Gasteiger partial charge in [0.1, 0.15) is 4.90 Å². The van der Waals surface area contributed by atoms with Crippen LogP contribution in [-0.4, -0.2) is 56.8 Å². The van der Waals surface area contributed by atoms with Gasteiger partial charge in [0.05, 0.1) is 19.3 Å². The summed E-state index contributed by atoms with van der Waals surface area (Å²) in [6.07, 6.45) is 1.58. The molecule has 1 amide bonds. The van der Waals surface area contributed by atoms with Crippen LogP contribution in [0.3, 0.4) is 0 Å². The molecule has 8 nitrogen and oxygen atoms in total. The van der Waals surface area contributed by atoms with Crippen LogP contribution < -0.4 is 9.64 Å². The first kappa shape index (κ1) is 16.5. The van der Waals surface area contributed by atoms with E-state index in [1.807, 2.05) is 0 Å². The number of hydrogen-bond acceptors (Lipinski definition) is 6. The van der Waals surface area contributed by atoms with Gasteiger partial charge in [0, 0.05) is 30.9 Å². The molecular weight excluding hydrogens is 356 g/mol. The molecule has 0 radical (unpaired) electrons. The fraction of sp³-hybridized carbons (Fsp3) is 0.235. The standard InChI is InChI=1S/C17H16N4O4S/c1-25-15-10-12(6-7-18-15)21-9-8-20(11-16(21)22)17-13-4-2-3-5-14(13)26(23,24)19-17/h2-7,10H,8-9,11H2,1H3. The average molecular weight is 372 g/mol. The number of anilines is 1. The van der Waals surface area contributed by atoms with Gasteiger partial charge in [0.2, 0.25) is 11.8 Å². The summed E-state index contributed by atoms with van der Waals surface area (Å²) in [5.74, 6) is 0.618. The number of piperazine rings is 1. The fourth-order valence-corrected chi connectivity index (χ4v) is 4.35. The minimum absolute atomic E-state index is 0.0489. The zero-order valence-electron chi connectivity index (χ0n) is 14.0. The molecular formula is C17H16N4O4S. The second-order valence-electron chi connectivity index (χ2n) is 5.91. The lowest BCUT2D eigenvalue weighted by Gasteiger charge is -2.35. The lowest BCUT2D eigenvalue weighted by molar-refractivity contribution is -0.120. The number of amides is 1. The number of methoxy groups -OCH3 is 1. The normalized spacial score (nSPS) is 18.5. The Balaban J connectivity index is 1.59. The zero-order valence-corrected chi connectivity index (χ0v) is 14.8. The molecule has 9 heteroatoms. The van der Waals surface area contributed by atoms with Crippen molar-refractivity contribution in [2.45, 2.75) is 4.90 Å². The van der Waals surface area contributed by atoms with Crippen LogP contribution in [0.5, 0.6) is 5.88 Å². The number of carbonyl (C=O) groups is 1. The van der Waals surface area contributed by atoms with E-state index in [9.17, 15) is 13.2 Å². The zero-order chi connectivity index (χ0) is 18.3. The van der Waals surface area contributed by atoms with Crippen molar-refractivity contribution in [3.05, 3.63) is 48.2 Å². The summed E-state index contributed by atoms with van der Waals surface area (Å²) >= 11 is 0.